The number of carboxylic acid groups (broad SMARTS) is 1. The molecule has 0 aromatic heterocycles. The summed E-state index contributed by atoms with van der Waals surface area (Å²) in [5, 5.41) is 17.0. The molecule has 0 spiro atoms. The highest BCUT2D eigenvalue weighted by Crippen LogP contribution is 2.45. The van der Waals surface area contributed by atoms with Crippen LogP contribution in [0.15, 0.2) is 23.3 Å². The highest BCUT2D eigenvalue weighted by molar-refractivity contribution is 5.89. The first-order valence-electron chi connectivity index (χ1n) is 8.66. The molecule has 0 aliphatic carbocycles. The molecular weight excluding hydrogens is 410 g/mol. The second kappa shape index (κ2) is 12.5. The smallest absolute Gasteiger partial charge is 0.426 e. The number of unbranched alkanes of at least 4 members (excludes halogenated alkanes) is 1. The van der Waals surface area contributed by atoms with Crippen LogP contribution >= 0.6 is 0 Å². The van der Waals surface area contributed by atoms with E-state index < -0.39 is 42.7 Å². The van der Waals surface area contributed by atoms with E-state index in [-0.39, 0.29) is 5.57 Å². The van der Waals surface area contributed by atoms with Crippen molar-refractivity contribution in [3.8, 4) is 0 Å². The van der Waals surface area contributed by atoms with Crippen LogP contribution in [0.5, 0.6) is 0 Å². The number of alkyl halides is 6. The van der Waals surface area contributed by atoms with Crippen molar-refractivity contribution in [2.45, 2.75) is 71.3 Å². The Morgan fingerprint density at radius 3 is 1.66 bits per heavy atom. The minimum absolute atomic E-state index is 0.181. The zero-order valence-corrected chi connectivity index (χ0v) is 16.6. The molecule has 0 bridgehead atoms. The number of ether oxygens (including phenoxy) is 1. The van der Waals surface area contributed by atoms with Crippen LogP contribution in [0.2, 0.25) is 0 Å². The Bertz CT molecular complexity index is 577. The minimum atomic E-state index is -5.68. The van der Waals surface area contributed by atoms with E-state index in [1.165, 1.54) is 19.1 Å². The number of hydrogen-bond acceptors (Lipinski definition) is 4. The molecule has 0 amide bonds. The molecule has 0 rings (SSSR count). The van der Waals surface area contributed by atoms with Crippen molar-refractivity contribution in [1.82, 2.24) is 0 Å². The second-order valence-electron chi connectivity index (χ2n) is 6.10. The number of aliphatic hydroxyl groups is 1. The number of carbonyl (C=O) groups is 2. The van der Waals surface area contributed by atoms with Gasteiger partial charge in [0.2, 0.25) is 0 Å². The summed E-state index contributed by atoms with van der Waals surface area (Å²) < 4.78 is 75.9. The van der Waals surface area contributed by atoms with Crippen LogP contribution in [0.1, 0.15) is 53.4 Å². The fraction of sp³-hybridized carbons (Fsp3) is 0.667. The Morgan fingerprint density at radius 1 is 0.897 bits per heavy atom. The van der Waals surface area contributed by atoms with Gasteiger partial charge in [-0.25, -0.2) is 9.59 Å². The number of carbonyl (C=O) groups excluding carboxylic acids is 1. The monoisotopic (exact) mass is 436 g/mol. The maximum atomic E-state index is 11.8. The zero-order chi connectivity index (χ0) is 23.5. The molecule has 29 heavy (non-hydrogen) atoms. The normalized spacial score (nSPS) is 13.5. The predicted octanol–water partition coefficient (Wildman–Crippen LogP) is 4.95. The quantitative estimate of drug-likeness (QED) is 0.185. The zero-order valence-electron chi connectivity index (χ0n) is 16.6. The number of rotatable bonds is 8. The van der Waals surface area contributed by atoms with Crippen molar-refractivity contribution in [2.75, 3.05) is 6.61 Å². The summed E-state index contributed by atoms with van der Waals surface area (Å²) in [6, 6.07) is 0. The van der Waals surface area contributed by atoms with Gasteiger partial charge in [-0.15, -0.1) is 0 Å². The Labute approximate surface area is 165 Å². The maximum absolute atomic E-state index is 11.8. The third kappa shape index (κ3) is 10.3. The molecule has 0 atom stereocenters. The number of esters is 1. The molecule has 0 aromatic carbocycles. The number of allylic oxidation sites excluding steroid dienone is 2. The Balaban J connectivity index is 0. The second-order valence-corrected chi connectivity index (χ2v) is 6.10. The summed E-state index contributed by atoms with van der Waals surface area (Å²) in [5.74, 6) is -1.40. The summed E-state index contributed by atoms with van der Waals surface area (Å²) in [7, 11) is 0. The third-order valence-electron chi connectivity index (χ3n) is 3.52. The topological polar surface area (TPSA) is 83.8 Å². The standard InChI is InChI=1S/C12H18O4.C6H8F6O/c1-4-5-8-16-12(15)10(3)7-6-9(2)11(13)14;1-2-3-4(13,5(7,8)9)6(10,11)12/h6-7H,4-5,8H2,1-3H3,(H,13,14);13H,2-3H2,1H3/b9-6+,10-7+;. The van der Waals surface area contributed by atoms with Gasteiger partial charge in [0, 0.05) is 11.1 Å². The van der Waals surface area contributed by atoms with Gasteiger partial charge in [0.1, 0.15) is 0 Å². The molecule has 0 saturated heterocycles. The summed E-state index contributed by atoms with van der Waals surface area (Å²) in [6.07, 6.45) is -8.49. The first-order valence-corrected chi connectivity index (χ1v) is 8.66. The Kier molecular flexibility index (Phi) is 12.6. The fourth-order valence-corrected chi connectivity index (χ4v) is 1.62. The minimum Gasteiger partial charge on any atom is -0.478 e. The van der Waals surface area contributed by atoms with Gasteiger partial charge in [0.25, 0.3) is 5.60 Å². The fourth-order valence-electron chi connectivity index (χ4n) is 1.62. The molecular formula is C18H26F6O5. The summed E-state index contributed by atoms with van der Waals surface area (Å²) >= 11 is 0. The van der Waals surface area contributed by atoms with Gasteiger partial charge in [0.15, 0.2) is 0 Å². The van der Waals surface area contributed by atoms with Gasteiger partial charge in [-0.1, -0.05) is 38.8 Å². The highest BCUT2D eigenvalue weighted by atomic mass is 19.4. The van der Waals surface area contributed by atoms with Gasteiger partial charge in [-0.2, -0.15) is 26.3 Å². The molecule has 0 saturated carbocycles. The molecule has 5 nitrogen and oxygen atoms in total. The number of carboxylic acids is 1. The largest absolute Gasteiger partial charge is 0.478 e. The van der Waals surface area contributed by atoms with E-state index in [0.717, 1.165) is 19.8 Å². The number of aliphatic carboxylic acids is 1. The van der Waals surface area contributed by atoms with Crippen LogP contribution < -0.4 is 0 Å². The molecule has 0 heterocycles. The van der Waals surface area contributed by atoms with Crippen LogP contribution in [0, 0.1) is 0 Å². The molecule has 2 N–H and O–H groups in total. The lowest BCUT2D eigenvalue weighted by molar-refractivity contribution is -0.369. The summed E-state index contributed by atoms with van der Waals surface area (Å²) in [4.78, 5) is 21.8. The average molecular weight is 436 g/mol. The van der Waals surface area contributed by atoms with E-state index in [0.29, 0.717) is 12.2 Å². The van der Waals surface area contributed by atoms with Crippen molar-refractivity contribution >= 4 is 11.9 Å². The van der Waals surface area contributed by atoms with E-state index >= 15 is 0 Å². The molecule has 0 aliphatic heterocycles. The number of halogens is 6. The highest BCUT2D eigenvalue weighted by Gasteiger charge is 2.69. The molecule has 0 fully saturated rings. The first-order chi connectivity index (χ1) is 13.0. The van der Waals surface area contributed by atoms with Gasteiger partial charge >= 0.3 is 24.3 Å². The third-order valence-corrected chi connectivity index (χ3v) is 3.52. The molecule has 11 heteroatoms. The van der Waals surface area contributed by atoms with Crippen LogP contribution in [0.4, 0.5) is 26.3 Å². The van der Waals surface area contributed by atoms with E-state index in [2.05, 4.69) is 0 Å². The van der Waals surface area contributed by atoms with Gasteiger partial charge < -0.3 is 14.9 Å². The molecule has 0 radical (unpaired) electrons. The van der Waals surface area contributed by atoms with Crippen LogP contribution in [-0.2, 0) is 14.3 Å². The van der Waals surface area contributed by atoms with Crippen molar-refractivity contribution in [3.05, 3.63) is 23.3 Å². The van der Waals surface area contributed by atoms with E-state index in [4.69, 9.17) is 14.9 Å². The van der Waals surface area contributed by atoms with E-state index in [1.54, 1.807) is 6.92 Å². The van der Waals surface area contributed by atoms with Crippen molar-refractivity contribution < 1.29 is 50.9 Å². The van der Waals surface area contributed by atoms with Gasteiger partial charge in [-0.05, 0) is 26.7 Å². The molecule has 0 aliphatic rings. The first kappa shape index (κ1) is 29.2. The lowest BCUT2D eigenvalue weighted by atomic mass is 9.97. The van der Waals surface area contributed by atoms with Crippen LogP contribution in [-0.4, -0.2) is 46.7 Å². The SMILES string of the molecule is CCCC(O)(C(F)(F)F)C(F)(F)F.CCCCOC(=O)/C(C)=C/C=C(\C)C(=O)O. The Hall–Kier alpha value is -2.04. The van der Waals surface area contributed by atoms with Gasteiger partial charge in [0.05, 0.1) is 6.61 Å². The molecule has 0 unspecified atom stereocenters. The molecule has 0 aromatic rings. The van der Waals surface area contributed by atoms with Crippen molar-refractivity contribution in [2.24, 2.45) is 0 Å². The van der Waals surface area contributed by atoms with Crippen LogP contribution in [0.25, 0.3) is 0 Å². The van der Waals surface area contributed by atoms with E-state index in [1.807, 2.05) is 6.92 Å². The lowest BCUT2D eigenvalue weighted by Gasteiger charge is -2.31. The van der Waals surface area contributed by atoms with Crippen LogP contribution in [0.3, 0.4) is 0 Å². The van der Waals surface area contributed by atoms with E-state index in [9.17, 15) is 35.9 Å². The summed E-state index contributed by atoms with van der Waals surface area (Å²) in [6.45, 7) is 6.61. The van der Waals surface area contributed by atoms with Crippen molar-refractivity contribution in [3.63, 3.8) is 0 Å². The van der Waals surface area contributed by atoms with Gasteiger partial charge in [-0.3, -0.25) is 0 Å². The Morgan fingerprint density at radius 2 is 1.34 bits per heavy atom. The summed E-state index contributed by atoms with van der Waals surface area (Å²) in [5.41, 5.74) is -3.99. The van der Waals surface area contributed by atoms with Crippen molar-refractivity contribution in [1.29, 1.82) is 0 Å². The molecule has 170 valence electrons. The average Bonchev–Trinajstić information content (AvgIpc) is 2.58. The maximum Gasteiger partial charge on any atom is 0.426 e. The predicted molar refractivity (Wildman–Crippen MR) is 93.0 cm³/mol. The lowest BCUT2D eigenvalue weighted by Crippen LogP contribution is -2.56. The number of hydrogen-bond donors (Lipinski definition) is 2.